The molecule has 1 aromatic heterocycles. The van der Waals surface area contributed by atoms with Gasteiger partial charge >= 0.3 is 0 Å². The van der Waals surface area contributed by atoms with Crippen molar-refractivity contribution in [1.82, 2.24) is 0 Å². The van der Waals surface area contributed by atoms with Gasteiger partial charge in [-0.15, -0.1) is 11.6 Å². The Kier molecular flexibility index (Phi) is 3.30. The van der Waals surface area contributed by atoms with Gasteiger partial charge in [-0.05, 0) is 28.1 Å². The Morgan fingerprint density at radius 3 is 2.50 bits per heavy atom. The molecule has 0 radical (unpaired) electrons. The van der Waals surface area contributed by atoms with Crippen LogP contribution in [0.15, 0.2) is 39.6 Å². The van der Waals surface area contributed by atoms with E-state index in [1.165, 1.54) is 18.4 Å². The molecule has 0 bridgehead atoms. The Morgan fingerprint density at radius 1 is 1.19 bits per heavy atom. The van der Waals surface area contributed by atoms with Crippen molar-refractivity contribution in [3.63, 3.8) is 0 Å². The fourth-order valence-corrected chi connectivity index (χ4v) is 2.31. The highest BCUT2D eigenvalue weighted by Gasteiger charge is 2.19. The minimum absolute atomic E-state index is 0.213. The third-order valence-corrected chi connectivity index (χ3v) is 3.27. The van der Waals surface area contributed by atoms with Gasteiger partial charge in [-0.25, -0.2) is 8.78 Å². The Bertz CT molecular complexity index is 512. The molecule has 0 aliphatic heterocycles. The van der Waals surface area contributed by atoms with Crippen LogP contribution < -0.4 is 0 Å². The lowest BCUT2D eigenvalue weighted by atomic mass is 10.1. The van der Waals surface area contributed by atoms with Gasteiger partial charge in [0.1, 0.15) is 11.6 Å². The summed E-state index contributed by atoms with van der Waals surface area (Å²) in [5.41, 5.74) is 0.817. The van der Waals surface area contributed by atoms with Crippen LogP contribution >= 0.6 is 27.5 Å². The number of hydrogen-bond donors (Lipinski definition) is 0. The molecular weight excluding hydrogens is 301 g/mol. The SMILES string of the molecule is Fc1ccc(C(Cl)c2ccoc2Br)c(F)c1. The largest absolute Gasteiger partial charge is 0.457 e. The summed E-state index contributed by atoms with van der Waals surface area (Å²) in [7, 11) is 0. The van der Waals surface area contributed by atoms with Crippen molar-refractivity contribution in [2.24, 2.45) is 0 Å². The van der Waals surface area contributed by atoms with E-state index in [9.17, 15) is 8.78 Å². The van der Waals surface area contributed by atoms with E-state index in [4.69, 9.17) is 16.0 Å². The topological polar surface area (TPSA) is 13.1 Å². The fraction of sp³-hybridized carbons (Fsp3) is 0.0909. The summed E-state index contributed by atoms with van der Waals surface area (Å²) in [6, 6.07) is 4.92. The van der Waals surface area contributed by atoms with Gasteiger partial charge in [0.25, 0.3) is 0 Å². The Balaban J connectivity index is 2.41. The molecule has 1 aromatic carbocycles. The van der Waals surface area contributed by atoms with E-state index in [-0.39, 0.29) is 5.56 Å². The average molecular weight is 308 g/mol. The molecule has 5 heteroatoms. The summed E-state index contributed by atoms with van der Waals surface area (Å²) in [5.74, 6) is -1.30. The lowest BCUT2D eigenvalue weighted by Crippen LogP contribution is -1.97. The molecular formula is C11H6BrClF2O. The molecule has 84 valence electrons. The van der Waals surface area contributed by atoms with Gasteiger partial charge in [0.15, 0.2) is 4.67 Å². The van der Waals surface area contributed by atoms with Gasteiger partial charge in [0, 0.05) is 17.2 Å². The summed E-state index contributed by atoms with van der Waals surface area (Å²) >= 11 is 9.24. The van der Waals surface area contributed by atoms with Crippen molar-refractivity contribution in [3.8, 4) is 0 Å². The van der Waals surface area contributed by atoms with Gasteiger partial charge in [0.2, 0.25) is 0 Å². The minimum Gasteiger partial charge on any atom is -0.457 e. The van der Waals surface area contributed by atoms with Gasteiger partial charge < -0.3 is 4.42 Å². The molecule has 0 saturated carbocycles. The standard InChI is InChI=1S/C11H6BrClF2O/c12-11-8(3-4-16-11)10(13)7-2-1-6(14)5-9(7)15/h1-5,10H. The van der Waals surface area contributed by atoms with E-state index in [1.807, 2.05) is 0 Å². The van der Waals surface area contributed by atoms with E-state index >= 15 is 0 Å². The quantitative estimate of drug-likeness (QED) is 0.736. The van der Waals surface area contributed by atoms with E-state index in [1.54, 1.807) is 6.07 Å². The second-order valence-electron chi connectivity index (χ2n) is 3.18. The van der Waals surface area contributed by atoms with E-state index < -0.39 is 17.0 Å². The molecule has 1 nitrogen and oxygen atoms in total. The number of alkyl halides is 1. The average Bonchev–Trinajstić information content (AvgIpc) is 2.63. The summed E-state index contributed by atoms with van der Waals surface area (Å²) in [6.45, 7) is 0. The molecule has 0 fully saturated rings. The van der Waals surface area contributed by atoms with Gasteiger partial charge in [-0.1, -0.05) is 6.07 Å². The van der Waals surface area contributed by atoms with Gasteiger partial charge in [-0.3, -0.25) is 0 Å². The molecule has 1 atom stereocenters. The van der Waals surface area contributed by atoms with Crippen LogP contribution in [0.1, 0.15) is 16.5 Å². The number of rotatable bonds is 2. The lowest BCUT2D eigenvalue weighted by Gasteiger charge is -2.09. The first-order chi connectivity index (χ1) is 7.59. The monoisotopic (exact) mass is 306 g/mol. The third-order valence-electron chi connectivity index (χ3n) is 2.15. The highest BCUT2D eigenvalue weighted by Crippen LogP contribution is 2.35. The number of benzene rings is 1. The van der Waals surface area contributed by atoms with Crippen molar-refractivity contribution in [1.29, 1.82) is 0 Å². The maximum Gasteiger partial charge on any atom is 0.173 e. The molecule has 2 aromatic rings. The predicted octanol–water partition coefficient (Wildman–Crippen LogP) is 4.65. The molecule has 0 amide bonds. The summed E-state index contributed by atoms with van der Waals surface area (Å²) in [6.07, 6.45) is 1.44. The van der Waals surface area contributed by atoms with E-state index in [2.05, 4.69) is 15.9 Å². The first-order valence-corrected chi connectivity index (χ1v) is 5.64. The smallest absolute Gasteiger partial charge is 0.173 e. The zero-order valence-corrected chi connectivity index (χ0v) is 10.2. The first-order valence-electron chi connectivity index (χ1n) is 4.41. The van der Waals surface area contributed by atoms with Crippen LogP contribution in [0.5, 0.6) is 0 Å². The molecule has 2 rings (SSSR count). The molecule has 0 aliphatic carbocycles. The Hall–Kier alpha value is -0.870. The van der Waals surface area contributed by atoms with Gasteiger partial charge in [0.05, 0.1) is 11.6 Å². The molecule has 1 unspecified atom stereocenters. The van der Waals surface area contributed by atoms with Crippen LogP contribution in [0.2, 0.25) is 0 Å². The van der Waals surface area contributed by atoms with Crippen LogP contribution in [0.3, 0.4) is 0 Å². The highest BCUT2D eigenvalue weighted by atomic mass is 79.9. The number of hydrogen-bond acceptors (Lipinski definition) is 1. The Labute approximate surface area is 104 Å². The van der Waals surface area contributed by atoms with Crippen molar-refractivity contribution < 1.29 is 13.2 Å². The highest BCUT2D eigenvalue weighted by molar-refractivity contribution is 9.10. The first kappa shape index (κ1) is 11.6. The van der Waals surface area contributed by atoms with E-state index in [0.717, 1.165) is 6.07 Å². The lowest BCUT2D eigenvalue weighted by molar-refractivity contribution is 0.536. The summed E-state index contributed by atoms with van der Waals surface area (Å²) < 4.78 is 31.6. The molecule has 1 heterocycles. The van der Waals surface area contributed by atoms with Crippen molar-refractivity contribution >= 4 is 27.5 Å². The maximum atomic E-state index is 13.5. The van der Waals surface area contributed by atoms with Crippen LogP contribution in [-0.2, 0) is 0 Å². The van der Waals surface area contributed by atoms with Crippen molar-refractivity contribution in [2.75, 3.05) is 0 Å². The zero-order chi connectivity index (χ0) is 11.7. The molecule has 0 saturated heterocycles. The Morgan fingerprint density at radius 2 is 1.94 bits per heavy atom. The van der Waals surface area contributed by atoms with Crippen LogP contribution in [0, 0.1) is 11.6 Å². The number of halogens is 4. The third kappa shape index (κ3) is 2.13. The fourth-order valence-electron chi connectivity index (χ4n) is 1.36. The van der Waals surface area contributed by atoms with Crippen LogP contribution in [0.25, 0.3) is 0 Å². The van der Waals surface area contributed by atoms with Crippen molar-refractivity contribution in [2.45, 2.75) is 5.38 Å². The molecule has 0 spiro atoms. The number of furan rings is 1. The molecule has 16 heavy (non-hydrogen) atoms. The van der Waals surface area contributed by atoms with Crippen LogP contribution in [-0.4, -0.2) is 0 Å². The van der Waals surface area contributed by atoms with Gasteiger partial charge in [-0.2, -0.15) is 0 Å². The second kappa shape index (κ2) is 4.55. The normalized spacial score (nSPS) is 12.8. The zero-order valence-electron chi connectivity index (χ0n) is 7.88. The predicted molar refractivity (Wildman–Crippen MR) is 60.5 cm³/mol. The minimum atomic E-state index is -0.714. The van der Waals surface area contributed by atoms with Crippen LogP contribution in [0.4, 0.5) is 8.78 Å². The molecule has 0 aliphatic rings. The summed E-state index contributed by atoms with van der Waals surface area (Å²) in [4.78, 5) is 0. The second-order valence-corrected chi connectivity index (χ2v) is 4.33. The van der Waals surface area contributed by atoms with E-state index in [0.29, 0.717) is 10.2 Å². The maximum absolute atomic E-state index is 13.5. The molecule has 0 N–H and O–H groups in total. The van der Waals surface area contributed by atoms with Crippen molar-refractivity contribution in [3.05, 3.63) is 58.0 Å². The summed E-state index contributed by atoms with van der Waals surface area (Å²) in [5, 5.41) is -0.714.